The first-order valence-electron chi connectivity index (χ1n) is 46.1. The van der Waals surface area contributed by atoms with Gasteiger partial charge in [0, 0.05) is 113 Å². The molecule has 44 heteroatoms. The summed E-state index contributed by atoms with van der Waals surface area (Å²) in [7, 11) is -2.61. The fourth-order valence-corrected chi connectivity index (χ4v) is 16.2. The molecule has 0 bridgehead atoms. The molecule has 6 rings (SSSR count). The molecule has 0 aliphatic carbocycles. The van der Waals surface area contributed by atoms with E-state index in [0.717, 1.165) is 43.0 Å². The van der Waals surface area contributed by atoms with Gasteiger partial charge in [-0.25, -0.2) is 13.4 Å². The second-order valence-corrected chi connectivity index (χ2v) is 35.5. The van der Waals surface area contributed by atoms with Crippen LogP contribution < -0.4 is 91.5 Å². The number of nitrogens with two attached hydrogens (primary N) is 4. The number of sulfonamides is 1. The minimum atomic E-state index is -4.01. The minimum Gasteiger partial charge on any atom is -0.394 e. The standard InChI is InChI=1S/C46H83N11O13S.C43H59N11O8/c1-4-6-8-9-10-11-12-13-14-15-16-17-18-21-40(62)57-71(69,70)25-19-22-39(61)50-28-41(63)52-36(29-58)45(67)54-34(23-24-38(47)60)43(65)55-35(26-32-27-49-31-51-32)44(66)56-37(30-59)46(68)53-33(20-7-5-2)42(64)48-3;1-25-16-17-36(56)47-18-8-7-14-31(37(44)57)50-40(60)34(21-27-23-49-30-13-6-5-12-29(27)30)52-38(58)32(15-9-19-48-43(45)46)51-39(59)33(20-26-10-3-2-4-11-26)53-41(61)35-22-28(55)24-54(35)42(25)62/h27,31,33-37,44,56,58-59,66H,4-26,28-30H2,1-3H3,(H2,47,60)(H,48,64)(H,49,51)(H,50,61)(H,52,63)(H,53,68)(H,54,67)(H,55,65)(H,57,62);2-6,10-13,23,25,28,31-35,49,55H,7-9,14-22,24H2,1H3,(H2,44,57)(H,47,56)(H,50,60)(H,51,59)(H,52,58)(H,53,61)(H4,45,46,48)/t33-,34-,35-,36-,37-,44-;25-,28+,31-,32-,33+,34-,35-/m00/s1. The van der Waals surface area contributed by atoms with E-state index < -0.39 is 203 Å². The molecule has 0 radical (unpaired) electrons. The number of H-pyrrole nitrogens is 2. The summed E-state index contributed by atoms with van der Waals surface area (Å²) in [5, 5.41) is 73.6. The van der Waals surface area contributed by atoms with E-state index in [0.29, 0.717) is 48.9 Å². The predicted molar refractivity (Wildman–Crippen MR) is 494 cm³/mol. The number of nitrogens with zero attached hydrogens (tertiary/aromatic N) is 3. The number of aliphatic imine (C=N–C) groups is 1. The number of nitrogens with one attached hydrogen (secondary N) is 15. The summed E-state index contributed by atoms with van der Waals surface area (Å²) < 4.78 is 26.9. The molecule has 4 heterocycles. The number of carbonyl (C=O) groups excluding carboxylic acids is 15. The van der Waals surface area contributed by atoms with Crippen LogP contribution in [0.1, 0.15) is 224 Å². The van der Waals surface area contributed by atoms with Crippen molar-refractivity contribution in [2.45, 2.75) is 299 Å². The SMILES string of the molecule is CCCCCCCCCCCCCCCC(=O)NS(=O)(=O)CCCC(=O)NCC(=O)N[C@@H](CO)C(=O)N[C@@H](CCC(N)=O)C(=O)N[C@@H](Cc1cnc[nH]1)[C@H](O)N[C@@H](CO)C(=O)N[C@@H](CCCC)C(=O)NC.C[C@H]1CCC(=O)NCCCC[C@@H](C(N)=O)NC(=O)[C@H](Cc2c[nH]c3ccccc23)NC(=O)[C@H](CCCN=C(N)N)NC(=O)[C@@H](Cc2ccccc2)NC(=O)[C@@H]2C[C@@H](O)CN2C1=O. The fraction of sp³-hybridized carbons (Fsp3) is 0.629. The van der Waals surface area contributed by atoms with Crippen LogP contribution in [0.4, 0.5) is 0 Å². The molecule has 0 unspecified atom stereocenters. The van der Waals surface area contributed by atoms with Crippen molar-refractivity contribution in [1.29, 1.82) is 0 Å². The summed E-state index contributed by atoms with van der Waals surface area (Å²) in [6, 6.07) is 3.33. The van der Waals surface area contributed by atoms with Gasteiger partial charge in [0.15, 0.2) is 5.96 Å². The lowest BCUT2D eigenvalue weighted by Gasteiger charge is -2.30. The molecule has 27 N–H and O–H groups in total. The second-order valence-electron chi connectivity index (χ2n) is 33.7. The van der Waals surface area contributed by atoms with Gasteiger partial charge in [0.05, 0.1) is 44.0 Å². The summed E-state index contributed by atoms with van der Waals surface area (Å²) in [6.45, 7) is 3.53. The molecule has 2 aliphatic heterocycles. The van der Waals surface area contributed by atoms with Crippen molar-refractivity contribution in [1.82, 2.24) is 88.4 Å². The number of hydrogen-bond donors (Lipinski definition) is 23. The summed E-state index contributed by atoms with van der Waals surface area (Å²) in [5.74, 6) is -12.2. The monoisotopic (exact) mass is 1890 g/mol. The first-order chi connectivity index (χ1) is 63.6. The van der Waals surface area contributed by atoms with Gasteiger partial charge in [-0.1, -0.05) is 159 Å². The molecule has 133 heavy (non-hydrogen) atoms. The number of aromatic amines is 2. The molecule has 2 aliphatic rings. The van der Waals surface area contributed by atoms with Crippen molar-refractivity contribution in [3.63, 3.8) is 0 Å². The molecule has 43 nitrogen and oxygen atoms in total. The number of unbranched alkanes of at least 4 members (excludes halogenated alkanes) is 13. The Morgan fingerprint density at radius 2 is 1.21 bits per heavy atom. The lowest BCUT2D eigenvalue weighted by molar-refractivity contribution is -0.142. The average Bonchev–Trinajstić information content (AvgIpc) is 1.69. The molecular formula is C89H142N22O21S. The number of benzene rings is 2. The molecule has 2 fully saturated rings. The highest BCUT2D eigenvalue weighted by Crippen LogP contribution is 2.25. The Balaban J connectivity index is 0.000000474. The first-order valence-corrected chi connectivity index (χ1v) is 47.8. The Morgan fingerprint density at radius 3 is 1.84 bits per heavy atom. The molecule has 0 spiro atoms. The number of primary amides is 2. The first kappa shape index (κ1) is 112. The van der Waals surface area contributed by atoms with Gasteiger partial charge in [-0.05, 0) is 81.4 Å². The van der Waals surface area contributed by atoms with Crippen LogP contribution in [0.5, 0.6) is 0 Å². The zero-order valence-electron chi connectivity index (χ0n) is 76.8. The fourth-order valence-electron chi connectivity index (χ4n) is 15.1. The number of fused-ring (bicyclic) bond motifs is 2. The van der Waals surface area contributed by atoms with Crippen LogP contribution in [0.3, 0.4) is 0 Å². The van der Waals surface area contributed by atoms with Gasteiger partial charge in [0.25, 0.3) is 0 Å². The third-order valence-corrected chi connectivity index (χ3v) is 24.1. The van der Waals surface area contributed by atoms with E-state index in [9.17, 15) is 101 Å². The third-order valence-electron chi connectivity index (χ3n) is 22.7. The summed E-state index contributed by atoms with van der Waals surface area (Å²) in [5.41, 5.74) is 24.7. The van der Waals surface area contributed by atoms with Gasteiger partial charge in [-0.3, -0.25) is 86.9 Å². The number of aliphatic hydroxyl groups is 4. The van der Waals surface area contributed by atoms with Gasteiger partial charge in [-0.15, -0.1) is 0 Å². The van der Waals surface area contributed by atoms with Crippen molar-refractivity contribution in [3.05, 3.63) is 90.1 Å². The highest BCUT2D eigenvalue weighted by atomic mass is 32.2. The number of likely N-dealkylation sites (N-methyl/N-ethyl adjacent to an activating group) is 1. The summed E-state index contributed by atoms with van der Waals surface area (Å²) in [4.78, 5) is 213. The lowest BCUT2D eigenvalue weighted by atomic mass is 10.0. The number of guanidine groups is 1. The van der Waals surface area contributed by atoms with E-state index in [1.165, 1.54) is 75.8 Å². The van der Waals surface area contributed by atoms with Crippen LogP contribution >= 0.6 is 0 Å². The van der Waals surface area contributed by atoms with Crippen molar-refractivity contribution < 1.29 is 101 Å². The van der Waals surface area contributed by atoms with Gasteiger partial charge >= 0.3 is 0 Å². The van der Waals surface area contributed by atoms with Crippen LogP contribution in [0.15, 0.2) is 78.3 Å². The van der Waals surface area contributed by atoms with E-state index in [1.54, 1.807) is 43.5 Å². The minimum absolute atomic E-state index is 0.00438. The van der Waals surface area contributed by atoms with Crippen molar-refractivity contribution >= 4 is 115 Å². The second kappa shape index (κ2) is 61.1. The largest absolute Gasteiger partial charge is 0.394 e. The Hall–Kier alpha value is -11.7. The highest BCUT2D eigenvalue weighted by Gasteiger charge is 2.43. The maximum atomic E-state index is 14.4. The maximum Gasteiger partial charge on any atom is 0.245 e. The predicted octanol–water partition coefficient (Wildman–Crippen LogP) is -1.71. The normalized spacial score (nSPS) is 19.2. The van der Waals surface area contributed by atoms with Crippen molar-refractivity contribution in [2.24, 2.45) is 33.8 Å². The van der Waals surface area contributed by atoms with Crippen molar-refractivity contribution in [3.8, 4) is 0 Å². The molecule has 13 atom stereocenters. The van der Waals surface area contributed by atoms with Crippen LogP contribution in [0.25, 0.3) is 10.9 Å². The number of carbonyl (C=O) groups is 15. The van der Waals surface area contributed by atoms with E-state index in [2.05, 4.69) is 90.7 Å². The smallest absolute Gasteiger partial charge is 0.245 e. The highest BCUT2D eigenvalue weighted by molar-refractivity contribution is 7.90. The Kier molecular flexibility index (Phi) is 51.4. The van der Waals surface area contributed by atoms with Gasteiger partial charge < -0.3 is 117 Å². The topological polar surface area (TPSA) is 692 Å². The molecule has 2 aromatic carbocycles. The van der Waals surface area contributed by atoms with E-state index >= 15 is 0 Å². The van der Waals surface area contributed by atoms with Gasteiger partial charge in [0.1, 0.15) is 60.6 Å². The summed E-state index contributed by atoms with van der Waals surface area (Å²) >= 11 is 0. The molecule has 4 aromatic rings. The number of para-hydroxylation sites is 1. The van der Waals surface area contributed by atoms with E-state index in [1.807, 2.05) is 35.9 Å². The number of imidazole rings is 1. The van der Waals surface area contributed by atoms with Gasteiger partial charge in [-0.2, -0.15) is 0 Å². The Morgan fingerprint density at radius 1 is 0.617 bits per heavy atom. The lowest BCUT2D eigenvalue weighted by Crippen LogP contribution is -2.62. The number of rotatable bonds is 51. The zero-order valence-corrected chi connectivity index (χ0v) is 77.6. The Bertz CT molecular complexity index is 4500. The number of aliphatic hydroxyl groups excluding tert-OH is 4. The molecule has 15 amide bonds. The van der Waals surface area contributed by atoms with Crippen LogP contribution in [0.2, 0.25) is 0 Å². The number of aromatic nitrogens is 3. The zero-order chi connectivity index (χ0) is 97.8. The molecule has 0 saturated carbocycles. The van der Waals surface area contributed by atoms with E-state index in [-0.39, 0.29) is 115 Å². The number of amides is 15. The quantitative estimate of drug-likeness (QED) is 0.0101. The third kappa shape index (κ3) is 42.8. The molecule has 740 valence electrons. The Labute approximate surface area is 776 Å². The number of hydrogen-bond acceptors (Lipinski definition) is 24. The molecule has 2 aromatic heterocycles. The van der Waals surface area contributed by atoms with Crippen LogP contribution in [-0.2, 0) is 101 Å². The molecule has 2 saturated heterocycles. The van der Waals surface area contributed by atoms with E-state index in [4.69, 9.17) is 22.9 Å². The maximum absolute atomic E-state index is 14.4. The van der Waals surface area contributed by atoms with Crippen LogP contribution in [-0.4, -0.2) is 268 Å². The molecular weight excluding hydrogens is 1750 g/mol. The average molecular weight is 1890 g/mol. The van der Waals surface area contributed by atoms with Gasteiger partial charge in [0.2, 0.25) is 98.6 Å². The summed E-state index contributed by atoms with van der Waals surface area (Å²) in [6.07, 6.45) is 18.0. The van der Waals surface area contributed by atoms with Crippen LogP contribution in [0, 0.1) is 5.92 Å². The van der Waals surface area contributed by atoms with Crippen molar-refractivity contribution in [2.75, 3.05) is 52.2 Å².